The molecule has 1 aliphatic carbocycles. The maximum atomic E-state index is 11.7. The van der Waals surface area contributed by atoms with E-state index in [1.807, 2.05) is 13.8 Å². The number of fused-ring (bicyclic) bond motifs is 1. The van der Waals surface area contributed by atoms with Crippen LogP contribution < -0.4 is 10.6 Å². The van der Waals surface area contributed by atoms with Crippen molar-refractivity contribution in [2.75, 3.05) is 11.9 Å². The van der Waals surface area contributed by atoms with Gasteiger partial charge in [-0.1, -0.05) is 13.8 Å². The number of carbonyl (C=O) groups excluding carboxylic acids is 1. The van der Waals surface area contributed by atoms with Crippen molar-refractivity contribution in [2.24, 2.45) is 0 Å². The summed E-state index contributed by atoms with van der Waals surface area (Å²) in [5, 5.41) is 15.8. The molecular weight excluding hydrogens is 246 g/mol. The minimum absolute atomic E-state index is 0.0832. The second-order valence-corrected chi connectivity index (χ2v) is 5.86. The number of thiophene rings is 1. The minimum Gasteiger partial charge on any atom is -0.315 e. The first-order chi connectivity index (χ1) is 8.61. The Bertz CT molecular complexity index is 499. The predicted molar refractivity (Wildman–Crippen MR) is 72.8 cm³/mol. The standard InChI is InChI=1S/C13H17N3OS/c1-8(2)15-7-12(17)16-13-10(6-14)9-4-3-5-11(9)18-13/h8,15H,3-5,7H2,1-2H3,(H,16,17). The number of nitrogens with zero attached hydrogens (tertiary/aromatic N) is 1. The molecule has 0 radical (unpaired) electrons. The Morgan fingerprint density at radius 1 is 1.50 bits per heavy atom. The highest BCUT2D eigenvalue weighted by Gasteiger charge is 2.22. The van der Waals surface area contributed by atoms with Gasteiger partial charge in [0.05, 0.1) is 12.1 Å². The molecule has 1 aromatic rings. The molecule has 1 aliphatic rings. The summed E-state index contributed by atoms with van der Waals surface area (Å²) in [5.41, 5.74) is 1.82. The van der Waals surface area contributed by atoms with Crippen molar-refractivity contribution in [1.82, 2.24) is 5.32 Å². The fourth-order valence-electron chi connectivity index (χ4n) is 2.08. The summed E-state index contributed by atoms with van der Waals surface area (Å²) in [4.78, 5) is 13.0. The van der Waals surface area contributed by atoms with Crippen LogP contribution in [0.2, 0.25) is 0 Å². The molecule has 96 valence electrons. The molecule has 4 nitrogen and oxygen atoms in total. The van der Waals surface area contributed by atoms with Crippen molar-refractivity contribution < 1.29 is 4.79 Å². The van der Waals surface area contributed by atoms with Gasteiger partial charge in [-0.3, -0.25) is 4.79 Å². The lowest BCUT2D eigenvalue weighted by Crippen LogP contribution is -2.32. The van der Waals surface area contributed by atoms with Crippen LogP contribution in [0.15, 0.2) is 0 Å². The van der Waals surface area contributed by atoms with Gasteiger partial charge in [0.1, 0.15) is 11.1 Å². The first kappa shape index (κ1) is 13.1. The fraction of sp³-hybridized carbons (Fsp3) is 0.538. The Labute approximate surface area is 111 Å². The number of nitriles is 1. The molecule has 1 amide bonds. The zero-order chi connectivity index (χ0) is 13.1. The molecule has 0 aromatic carbocycles. The molecule has 1 heterocycles. The number of rotatable bonds is 4. The lowest BCUT2D eigenvalue weighted by Gasteiger charge is -2.08. The molecule has 0 bridgehead atoms. The van der Waals surface area contributed by atoms with E-state index in [0.717, 1.165) is 29.8 Å². The van der Waals surface area contributed by atoms with Crippen molar-refractivity contribution in [2.45, 2.75) is 39.2 Å². The quantitative estimate of drug-likeness (QED) is 0.873. The van der Waals surface area contributed by atoms with Crippen molar-refractivity contribution in [3.8, 4) is 6.07 Å². The molecule has 0 fully saturated rings. The average Bonchev–Trinajstić information content (AvgIpc) is 2.86. The van der Waals surface area contributed by atoms with E-state index < -0.39 is 0 Å². The van der Waals surface area contributed by atoms with Crippen LogP contribution in [0.1, 0.15) is 36.3 Å². The molecule has 5 heteroatoms. The van der Waals surface area contributed by atoms with Crippen LogP contribution in [0.4, 0.5) is 5.00 Å². The number of amides is 1. The molecule has 2 rings (SSSR count). The Morgan fingerprint density at radius 2 is 2.28 bits per heavy atom. The van der Waals surface area contributed by atoms with E-state index in [4.69, 9.17) is 0 Å². The molecule has 0 saturated heterocycles. The smallest absolute Gasteiger partial charge is 0.238 e. The highest BCUT2D eigenvalue weighted by Crippen LogP contribution is 2.38. The monoisotopic (exact) mass is 263 g/mol. The van der Waals surface area contributed by atoms with Crippen LogP contribution >= 0.6 is 11.3 Å². The van der Waals surface area contributed by atoms with E-state index >= 15 is 0 Å². The molecule has 2 N–H and O–H groups in total. The average molecular weight is 263 g/mol. The van der Waals surface area contributed by atoms with E-state index in [-0.39, 0.29) is 18.5 Å². The lowest BCUT2D eigenvalue weighted by molar-refractivity contribution is -0.115. The lowest BCUT2D eigenvalue weighted by atomic mass is 10.1. The topological polar surface area (TPSA) is 64.9 Å². The van der Waals surface area contributed by atoms with Gasteiger partial charge in [-0.25, -0.2) is 0 Å². The van der Waals surface area contributed by atoms with Gasteiger partial charge in [0.25, 0.3) is 0 Å². The van der Waals surface area contributed by atoms with Gasteiger partial charge in [-0.05, 0) is 24.8 Å². The minimum atomic E-state index is -0.0832. The number of nitrogens with one attached hydrogen (secondary N) is 2. The number of anilines is 1. The van der Waals surface area contributed by atoms with Crippen molar-refractivity contribution in [3.05, 3.63) is 16.0 Å². The summed E-state index contributed by atoms with van der Waals surface area (Å²) in [6.07, 6.45) is 3.13. The first-order valence-electron chi connectivity index (χ1n) is 6.19. The van der Waals surface area contributed by atoms with Gasteiger partial charge in [-0.2, -0.15) is 5.26 Å². The third-order valence-corrected chi connectivity index (χ3v) is 4.16. The molecular formula is C13H17N3OS. The van der Waals surface area contributed by atoms with E-state index in [1.54, 1.807) is 11.3 Å². The SMILES string of the molecule is CC(C)NCC(=O)Nc1sc2c(c1C#N)CCC2. The van der Waals surface area contributed by atoms with Gasteiger partial charge >= 0.3 is 0 Å². The number of aryl methyl sites for hydroxylation is 1. The van der Waals surface area contributed by atoms with Crippen LogP contribution in [0.3, 0.4) is 0 Å². The number of hydrogen-bond donors (Lipinski definition) is 2. The summed E-state index contributed by atoms with van der Waals surface area (Å²) in [5.74, 6) is -0.0832. The van der Waals surface area contributed by atoms with Gasteiger partial charge in [-0.15, -0.1) is 11.3 Å². The molecule has 1 aromatic heterocycles. The zero-order valence-corrected chi connectivity index (χ0v) is 11.5. The van der Waals surface area contributed by atoms with Gasteiger partial charge < -0.3 is 10.6 Å². The van der Waals surface area contributed by atoms with E-state index in [0.29, 0.717) is 5.56 Å². The van der Waals surface area contributed by atoms with Crippen LogP contribution in [-0.2, 0) is 17.6 Å². The van der Waals surface area contributed by atoms with Crippen LogP contribution in [0, 0.1) is 11.3 Å². The molecule has 0 saturated carbocycles. The Balaban J connectivity index is 2.06. The molecule has 0 unspecified atom stereocenters. The molecule has 0 spiro atoms. The van der Waals surface area contributed by atoms with Gasteiger partial charge in [0, 0.05) is 10.9 Å². The molecule has 0 aliphatic heterocycles. The van der Waals surface area contributed by atoms with Crippen LogP contribution in [0.25, 0.3) is 0 Å². The van der Waals surface area contributed by atoms with Crippen molar-refractivity contribution in [1.29, 1.82) is 5.26 Å². The van der Waals surface area contributed by atoms with Crippen LogP contribution in [-0.4, -0.2) is 18.5 Å². The van der Waals surface area contributed by atoms with Gasteiger partial charge in [0.15, 0.2) is 0 Å². The Hall–Kier alpha value is -1.38. The van der Waals surface area contributed by atoms with Crippen molar-refractivity contribution in [3.63, 3.8) is 0 Å². The van der Waals surface area contributed by atoms with E-state index in [9.17, 15) is 10.1 Å². The predicted octanol–water partition coefficient (Wildman–Crippen LogP) is 2.04. The highest BCUT2D eigenvalue weighted by atomic mass is 32.1. The van der Waals surface area contributed by atoms with Crippen molar-refractivity contribution >= 4 is 22.2 Å². The van der Waals surface area contributed by atoms with E-state index in [1.165, 1.54) is 4.88 Å². The number of carbonyl (C=O) groups is 1. The summed E-state index contributed by atoms with van der Waals surface area (Å²) in [6, 6.07) is 2.50. The third-order valence-electron chi connectivity index (χ3n) is 2.96. The van der Waals surface area contributed by atoms with Gasteiger partial charge in [0.2, 0.25) is 5.91 Å². The van der Waals surface area contributed by atoms with Crippen LogP contribution in [0.5, 0.6) is 0 Å². The maximum absolute atomic E-state index is 11.7. The first-order valence-corrected chi connectivity index (χ1v) is 7.01. The maximum Gasteiger partial charge on any atom is 0.238 e. The van der Waals surface area contributed by atoms with E-state index in [2.05, 4.69) is 16.7 Å². The summed E-state index contributed by atoms with van der Waals surface area (Å²) >= 11 is 1.55. The molecule has 0 atom stereocenters. The largest absolute Gasteiger partial charge is 0.315 e. The zero-order valence-electron chi connectivity index (χ0n) is 10.7. The Morgan fingerprint density at radius 3 is 2.94 bits per heavy atom. The second kappa shape index (κ2) is 5.51. The second-order valence-electron chi connectivity index (χ2n) is 4.76. The summed E-state index contributed by atoms with van der Waals surface area (Å²) in [6.45, 7) is 4.27. The highest BCUT2D eigenvalue weighted by molar-refractivity contribution is 7.16. The normalized spacial score (nSPS) is 13.4. The fourth-order valence-corrected chi connectivity index (χ4v) is 3.33. The summed E-state index contributed by atoms with van der Waals surface area (Å²) in [7, 11) is 0. The number of hydrogen-bond acceptors (Lipinski definition) is 4. The third kappa shape index (κ3) is 2.71. The molecule has 18 heavy (non-hydrogen) atoms. The Kier molecular flexibility index (Phi) is 4.00. The summed E-state index contributed by atoms with van der Waals surface area (Å²) < 4.78 is 0.